The lowest BCUT2D eigenvalue weighted by molar-refractivity contribution is 0.145. The van der Waals surface area contributed by atoms with Crippen LogP contribution < -0.4 is 4.90 Å². The lowest BCUT2D eigenvalue weighted by Crippen LogP contribution is -2.35. The second kappa shape index (κ2) is 3.88. The maximum Gasteiger partial charge on any atom is 0.115 e. The van der Waals surface area contributed by atoms with Crippen LogP contribution in [0, 0.1) is 0 Å². The van der Waals surface area contributed by atoms with E-state index in [4.69, 9.17) is 5.11 Å². The third kappa shape index (κ3) is 1.99. The highest BCUT2D eigenvalue weighted by molar-refractivity contribution is 5.49. The smallest absolute Gasteiger partial charge is 0.115 e. The molecule has 1 saturated heterocycles. The number of hydrogen-bond acceptors (Lipinski definition) is 3. The molecule has 3 heteroatoms. The highest BCUT2D eigenvalue weighted by atomic mass is 16.3. The largest absolute Gasteiger partial charge is 0.508 e. The van der Waals surface area contributed by atoms with E-state index < -0.39 is 0 Å². The number of anilines is 1. The predicted molar refractivity (Wildman–Crippen MR) is 55.6 cm³/mol. The molecule has 0 aromatic heterocycles. The monoisotopic (exact) mass is 193 g/mol. The fraction of sp³-hybridized carbons (Fsp3) is 0.455. The van der Waals surface area contributed by atoms with Crippen molar-refractivity contribution >= 4 is 5.69 Å². The molecule has 1 aliphatic rings. The molecular formula is C11H15NO2. The van der Waals surface area contributed by atoms with Gasteiger partial charge in [0.05, 0.1) is 6.10 Å². The molecular weight excluding hydrogens is 178 g/mol. The first-order chi connectivity index (χ1) is 6.75. The zero-order chi connectivity index (χ0) is 9.97. The average Bonchev–Trinajstić information content (AvgIpc) is 2.21. The molecule has 2 N–H and O–H groups in total. The fourth-order valence-electron chi connectivity index (χ4n) is 1.79. The topological polar surface area (TPSA) is 43.7 Å². The molecule has 0 spiro atoms. The van der Waals surface area contributed by atoms with Crippen molar-refractivity contribution in [2.24, 2.45) is 0 Å². The van der Waals surface area contributed by atoms with Gasteiger partial charge in [-0.1, -0.05) is 0 Å². The Hall–Kier alpha value is -1.22. The van der Waals surface area contributed by atoms with Gasteiger partial charge < -0.3 is 15.1 Å². The molecule has 0 aliphatic carbocycles. The van der Waals surface area contributed by atoms with Crippen LogP contribution in [0.25, 0.3) is 0 Å². The summed E-state index contributed by atoms with van der Waals surface area (Å²) >= 11 is 0. The van der Waals surface area contributed by atoms with E-state index >= 15 is 0 Å². The molecule has 0 atom stereocenters. The molecule has 0 radical (unpaired) electrons. The van der Waals surface area contributed by atoms with E-state index in [0.29, 0.717) is 5.75 Å². The van der Waals surface area contributed by atoms with Gasteiger partial charge in [0.15, 0.2) is 0 Å². The minimum atomic E-state index is -0.136. The van der Waals surface area contributed by atoms with Crippen molar-refractivity contribution in [2.45, 2.75) is 18.9 Å². The number of hydrogen-bond donors (Lipinski definition) is 2. The average molecular weight is 193 g/mol. The number of phenolic OH excluding ortho intramolecular Hbond substituents is 1. The van der Waals surface area contributed by atoms with Crippen LogP contribution >= 0.6 is 0 Å². The summed E-state index contributed by atoms with van der Waals surface area (Å²) < 4.78 is 0. The van der Waals surface area contributed by atoms with E-state index in [1.807, 2.05) is 12.1 Å². The molecule has 0 saturated carbocycles. The third-order valence-electron chi connectivity index (χ3n) is 2.68. The van der Waals surface area contributed by atoms with Gasteiger partial charge >= 0.3 is 0 Å². The lowest BCUT2D eigenvalue weighted by Gasteiger charge is -2.31. The van der Waals surface area contributed by atoms with Crippen molar-refractivity contribution in [3.05, 3.63) is 24.3 Å². The van der Waals surface area contributed by atoms with Crippen molar-refractivity contribution < 1.29 is 10.2 Å². The quantitative estimate of drug-likeness (QED) is 0.707. The number of aliphatic hydroxyl groups is 1. The number of aliphatic hydroxyl groups excluding tert-OH is 1. The predicted octanol–water partition coefficient (Wildman–Crippen LogP) is 1.35. The van der Waals surface area contributed by atoms with Crippen LogP contribution in [-0.4, -0.2) is 29.4 Å². The minimum absolute atomic E-state index is 0.136. The Morgan fingerprint density at radius 1 is 1.07 bits per heavy atom. The maximum absolute atomic E-state index is 9.35. The molecule has 0 unspecified atom stereocenters. The maximum atomic E-state index is 9.35. The van der Waals surface area contributed by atoms with Gasteiger partial charge in [0.25, 0.3) is 0 Å². The first-order valence-electron chi connectivity index (χ1n) is 4.98. The number of phenols is 1. The van der Waals surface area contributed by atoms with Crippen LogP contribution in [0.3, 0.4) is 0 Å². The summed E-state index contributed by atoms with van der Waals surface area (Å²) in [5, 5.41) is 18.5. The molecule has 76 valence electrons. The Bertz CT molecular complexity index is 289. The van der Waals surface area contributed by atoms with Gasteiger partial charge in [-0.25, -0.2) is 0 Å². The van der Waals surface area contributed by atoms with E-state index in [1.54, 1.807) is 12.1 Å². The number of benzene rings is 1. The SMILES string of the molecule is Oc1ccc(N2CCC(O)CC2)cc1. The van der Waals surface area contributed by atoms with Gasteiger partial charge in [-0.05, 0) is 37.1 Å². The summed E-state index contributed by atoms with van der Waals surface area (Å²) in [5.41, 5.74) is 1.12. The summed E-state index contributed by atoms with van der Waals surface area (Å²) in [7, 11) is 0. The second-order valence-electron chi connectivity index (χ2n) is 3.73. The number of nitrogens with zero attached hydrogens (tertiary/aromatic N) is 1. The first-order valence-corrected chi connectivity index (χ1v) is 4.98. The Morgan fingerprint density at radius 3 is 2.21 bits per heavy atom. The number of rotatable bonds is 1. The zero-order valence-corrected chi connectivity index (χ0v) is 8.06. The Balaban J connectivity index is 2.05. The standard InChI is InChI=1S/C11H15NO2/c13-10-3-1-9(2-4-10)12-7-5-11(14)6-8-12/h1-4,11,13-14H,5-8H2. The molecule has 1 aromatic carbocycles. The van der Waals surface area contributed by atoms with Crippen molar-refractivity contribution in [1.29, 1.82) is 0 Å². The Labute approximate surface area is 83.6 Å². The van der Waals surface area contributed by atoms with Gasteiger partial charge in [-0.2, -0.15) is 0 Å². The van der Waals surface area contributed by atoms with Gasteiger partial charge in [0, 0.05) is 18.8 Å². The summed E-state index contributed by atoms with van der Waals surface area (Å²) in [6, 6.07) is 7.21. The van der Waals surface area contributed by atoms with Crippen LogP contribution in [0.15, 0.2) is 24.3 Å². The number of aromatic hydroxyl groups is 1. The van der Waals surface area contributed by atoms with E-state index in [1.165, 1.54) is 0 Å². The van der Waals surface area contributed by atoms with E-state index in [9.17, 15) is 5.11 Å². The van der Waals surface area contributed by atoms with Crippen LogP contribution in [0.1, 0.15) is 12.8 Å². The summed E-state index contributed by atoms with van der Waals surface area (Å²) in [6.07, 6.45) is 1.53. The molecule has 14 heavy (non-hydrogen) atoms. The van der Waals surface area contributed by atoms with Gasteiger partial charge in [0.2, 0.25) is 0 Å². The van der Waals surface area contributed by atoms with E-state index in [-0.39, 0.29) is 6.10 Å². The van der Waals surface area contributed by atoms with Crippen LogP contribution in [-0.2, 0) is 0 Å². The third-order valence-corrected chi connectivity index (χ3v) is 2.68. The van der Waals surface area contributed by atoms with E-state index in [0.717, 1.165) is 31.6 Å². The van der Waals surface area contributed by atoms with Crippen LogP contribution in [0.2, 0.25) is 0 Å². The lowest BCUT2D eigenvalue weighted by atomic mass is 10.1. The normalized spacial score (nSPS) is 18.5. The molecule has 1 aliphatic heterocycles. The van der Waals surface area contributed by atoms with Crippen molar-refractivity contribution in [3.8, 4) is 5.75 Å². The molecule has 1 heterocycles. The minimum Gasteiger partial charge on any atom is -0.508 e. The fourth-order valence-corrected chi connectivity index (χ4v) is 1.79. The van der Waals surface area contributed by atoms with Crippen LogP contribution in [0.5, 0.6) is 5.75 Å². The number of piperidine rings is 1. The van der Waals surface area contributed by atoms with Gasteiger partial charge in [-0.3, -0.25) is 0 Å². The Kier molecular flexibility index (Phi) is 2.59. The van der Waals surface area contributed by atoms with E-state index in [2.05, 4.69) is 4.90 Å². The summed E-state index contributed by atoms with van der Waals surface area (Å²) in [4.78, 5) is 2.23. The van der Waals surface area contributed by atoms with Gasteiger partial charge in [0.1, 0.15) is 5.75 Å². The van der Waals surface area contributed by atoms with Crippen molar-refractivity contribution in [3.63, 3.8) is 0 Å². The summed E-state index contributed by atoms with van der Waals surface area (Å²) in [6.45, 7) is 1.79. The zero-order valence-electron chi connectivity index (χ0n) is 8.06. The second-order valence-corrected chi connectivity index (χ2v) is 3.73. The van der Waals surface area contributed by atoms with Crippen molar-refractivity contribution in [1.82, 2.24) is 0 Å². The molecule has 0 bridgehead atoms. The Morgan fingerprint density at radius 2 is 1.64 bits per heavy atom. The molecule has 2 rings (SSSR count). The summed E-state index contributed by atoms with van der Waals surface area (Å²) in [5.74, 6) is 0.297. The molecule has 1 aromatic rings. The highest BCUT2D eigenvalue weighted by Crippen LogP contribution is 2.21. The molecule has 3 nitrogen and oxygen atoms in total. The first kappa shape index (κ1) is 9.34. The molecule has 0 amide bonds. The highest BCUT2D eigenvalue weighted by Gasteiger charge is 2.16. The van der Waals surface area contributed by atoms with Gasteiger partial charge in [-0.15, -0.1) is 0 Å². The van der Waals surface area contributed by atoms with Crippen molar-refractivity contribution in [2.75, 3.05) is 18.0 Å². The van der Waals surface area contributed by atoms with Crippen LogP contribution in [0.4, 0.5) is 5.69 Å². The molecule has 1 fully saturated rings.